The maximum atomic E-state index is 12.2. The maximum absolute atomic E-state index is 12.2. The van der Waals surface area contributed by atoms with Crippen LogP contribution in [0.3, 0.4) is 0 Å². The Morgan fingerprint density at radius 2 is 0.941 bits per heavy atom. The van der Waals surface area contributed by atoms with Gasteiger partial charge in [0.25, 0.3) is 0 Å². The number of rotatable bonds is 27. The van der Waals surface area contributed by atoms with Gasteiger partial charge < -0.3 is 9.84 Å². The largest absolute Gasteiger partial charge is 0.481 e. The number of unbranched alkanes of at least 4 members (excludes halogenated alkanes) is 17. The lowest BCUT2D eigenvalue weighted by atomic mass is 9.94. The third-order valence-electron chi connectivity index (χ3n) is 6.93. The summed E-state index contributed by atoms with van der Waals surface area (Å²) in [5.74, 6) is -0.209. The van der Waals surface area contributed by atoms with Gasteiger partial charge >= 0.3 is 11.9 Å². The molecule has 34 heavy (non-hydrogen) atoms. The molecule has 0 bridgehead atoms. The Morgan fingerprint density at radius 1 is 0.559 bits per heavy atom. The number of esters is 1. The van der Waals surface area contributed by atoms with Crippen LogP contribution in [0.5, 0.6) is 0 Å². The van der Waals surface area contributed by atoms with E-state index >= 15 is 0 Å². The van der Waals surface area contributed by atoms with Gasteiger partial charge in [-0.1, -0.05) is 129 Å². The van der Waals surface area contributed by atoms with Crippen molar-refractivity contribution in [2.75, 3.05) is 6.61 Å². The molecular weight excluding hydrogens is 424 g/mol. The third-order valence-corrected chi connectivity index (χ3v) is 6.93. The highest BCUT2D eigenvalue weighted by atomic mass is 16.5. The molecule has 0 fully saturated rings. The number of carboxylic acid groups (broad SMARTS) is 1. The first kappa shape index (κ1) is 32.9. The molecular formula is C30H58O4. The zero-order valence-corrected chi connectivity index (χ0v) is 22.9. The van der Waals surface area contributed by atoms with E-state index in [1.54, 1.807) is 0 Å². The van der Waals surface area contributed by atoms with Gasteiger partial charge in [0.1, 0.15) is 0 Å². The summed E-state index contributed by atoms with van der Waals surface area (Å²) in [5, 5.41) is 8.65. The monoisotopic (exact) mass is 482 g/mol. The van der Waals surface area contributed by atoms with Gasteiger partial charge in [-0.05, 0) is 31.6 Å². The number of carboxylic acids is 1. The molecule has 0 heterocycles. The van der Waals surface area contributed by atoms with Crippen LogP contribution in [0, 0.1) is 5.92 Å². The highest BCUT2D eigenvalue weighted by Gasteiger charge is 2.12. The van der Waals surface area contributed by atoms with Crippen molar-refractivity contribution in [2.45, 2.75) is 168 Å². The van der Waals surface area contributed by atoms with Crippen LogP contribution in [0.1, 0.15) is 168 Å². The summed E-state index contributed by atoms with van der Waals surface area (Å²) in [5.41, 5.74) is 0. The number of hydrogen-bond acceptors (Lipinski definition) is 3. The average molecular weight is 483 g/mol. The van der Waals surface area contributed by atoms with Crippen LogP contribution in [0.2, 0.25) is 0 Å². The second-order valence-electron chi connectivity index (χ2n) is 10.4. The van der Waals surface area contributed by atoms with Gasteiger partial charge in [-0.3, -0.25) is 9.59 Å². The minimum Gasteiger partial charge on any atom is -0.481 e. The fourth-order valence-electron chi connectivity index (χ4n) is 4.63. The summed E-state index contributed by atoms with van der Waals surface area (Å²) in [7, 11) is 0. The molecule has 1 atom stereocenters. The molecule has 0 radical (unpaired) electrons. The minimum absolute atomic E-state index is 0.0326. The number of carbonyl (C=O) groups is 2. The molecule has 4 nitrogen and oxygen atoms in total. The zero-order valence-electron chi connectivity index (χ0n) is 22.9. The second-order valence-corrected chi connectivity index (χ2v) is 10.4. The average Bonchev–Trinajstić information content (AvgIpc) is 2.82. The van der Waals surface area contributed by atoms with Gasteiger partial charge in [0.15, 0.2) is 0 Å². The number of hydrogen-bond donors (Lipinski definition) is 1. The van der Waals surface area contributed by atoms with Gasteiger partial charge in [-0.2, -0.15) is 0 Å². The Kier molecular flexibility index (Phi) is 25.7. The van der Waals surface area contributed by atoms with Crippen molar-refractivity contribution in [3.63, 3.8) is 0 Å². The van der Waals surface area contributed by atoms with Crippen LogP contribution in [0.25, 0.3) is 0 Å². The molecule has 0 rings (SSSR count). The standard InChI is InChI=1S/C30H58O4/c1-3-5-7-9-11-12-16-20-24-28(23-19-15-10-8-6-4-2)27-34-30(33)26-22-18-14-13-17-21-25-29(31)32/h28H,3-27H2,1-2H3,(H,31,32). The quantitative estimate of drug-likeness (QED) is 0.0934. The normalized spacial score (nSPS) is 12.1. The van der Waals surface area contributed by atoms with E-state index in [2.05, 4.69) is 13.8 Å². The lowest BCUT2D eigenvalue weighted by Gasteiger charge is -2.17. The maximum Gasteiger partial charge on any atom is 0.305 e. The van der Waals surface area contributed by atoms with Crippen molar-refractivity contribution in [3.05, 3.63) is 0 Å². The first-order valence-corrected chi connectivity index (χ1v) is 15.0. The Labute approximate surface area is 212 Å². The van der Waals surface area contributed by atoms with Crippen LogP contribution in [0.15, 0.2) is 0 Å². The molecule has 0 saturated heterocycles. The van der Waals surface area contributed by atoms with Gasteiger partial charge in [-0.15, -0.1) is 0 Å². The number of ether oxygens (including phenoxy) is 1. The Bertz CT molecular complexity index is 449. The SMILES string of the molecule is CCCCCCCCCCC(CCCCCCCC)COC(=O)CCCCCCCCC(=O)O. The van der Waals surface area contributed by atoms with E-state index in [1.165, 1.54) is 103 Å². The van der Waals surface area contributed by atoms with Gasteiger partial charge in [0.2, 0.25) is 0 Å². The number of aliphatic carboxylic acids is 1. The molecule has 0 saturated carbocycles. The fraction of sp³-hybridized carbons (Fsp3) is 0.933. The van der Waals surface area contributed by atoms with E-state index in [0.29, 0.717) is 18.9 Å². The van der Waals surface area contributed by atoms with Crippen molar-refractivity contribution < 1.29 is 19.4 Å². The van der Waals surface area contributed by atoms with E-state index in [-0.39, 0.29) is 12.4 Å². The molecule has 0 aromatic carbocycles. The molecule has 1 N–H and O–H groups in total. The van der Waals surface area contributed by atoms with Crippen molar-refractivity contribution >= 4 is 11.9 Å². The van der Waals surface area contributed by atoms with Crippen molar-refractivity contribution in [3.8, 4) is 0 Å². The van der Waals surface area contributed by atoms with Gasteiger partial charge in [-0.25, -0.2) is 0 Å². The first-order chi connectivity index (χ1) is 16.6. The highest BCUT2D eigenvalue weighted by Crippen LogP contribution is 2.20. The molecule has 0 spiro atoms. The molecule has 1 unspecified atom stereocenters. The Hall–Kier alpha value is -1.06. The lowest BCUT2D eigenvalue weighted by Crippen LogP contribution is -2.14. The first-order valence-electron chi connectivity index (χ1n) is 15.0. The Morgan fingerprint density at radius 3 is 1.38 bits per heavy atom. The van der Waals surface area contributed by atoms with Crippen LogP contribution in [-0.4, -0.2) is 23.7 Å². The predicted molar refractivity (Wildman–Crippen MR) is 144 cm³/mol. The van der Waals surface area contributed by atoms with Crippen LogP contribution in [0.4, 0.5) is 0 Å². The second kappa shape index (κ2) is 26.5. The molecule has 0 amide bonds. The summed E-state index contributed by atoms with van der Waals surface area (Å²) in [4.78, 5) is 22.7. The topological polar surface area (TPSA) is 63.6 Å². The predicted octanol–water partition coefficient (Wildman–Crippen LogP) is 9.63. The molecule has 0 aliphatic carbocycles. The summed E-state index contributed by atoms with van der Waals surface area (Å²) in [6.45, 7) is 5.14. The molecule has 202 valence electrons. The van der Waals surface area contributed by atoms with Crippen LogP contribution < -0.4 is 0 Å². The third kappa shape index (κ3) is 25.6. The van der Waals surface area contributed by atoms with E-state index in [0.717, 1.165) is 38.5 Å². The van der Waals surface area contributed by atoms with E-state index < -0.39 is 5.97 Å². The van der Waals surface area contributed by atoms with Crippen LogP contribution in [-0.2, 0) is 14.3 Å². The highest BCUT2D eigenvalue weighted by molar-refractivity contribution is 5.69. The number of carbonyl (C=O) groups excluding carboxylic acids is 1. The van der Waals surface area contributed by atoms with E-state index in [4.69, 9.17) is 9.84 Å². The molecule has 0 aliphatic heterocycles. The van der Waals surface area contributed by atoms with Gasteiger partial charge in [0.05, 0.1) is 6.61 Å². The zero-order chi connectivity index (χ0) is 25.1. The minimum atomic E-state index is -0.708. The van der Waals surface area contributed by atoms with Crippen molar-refractivity contribution in [2.24, 2.45) is 5.92 Å². The van der Waals surface area contributed by atoms with Crippen LogP contribution >= 0.6 is 0 Å². The summed E-state index contributed by atoms with van der Waals surface area (Å²) in [6.07, 6.45) is 27.7. The summed E-state index contributed by atoms with van der Waals surface area (Å²) >= 11 is 0. The van der Waals surface area contributed by atoms with Gasteiger partial charge in [0, 0.05) is 12.8 Å². The molecule has 0 aromatic rings. The molecule has 4 heteroatoms. The lowest BCUT2D eigenvalue weighted by molar-refractivity contribution is -0.145. The summed E-state index contributed by atoms with van der Waals surface area (Å²) < 4.78 is 5.69. The molecule has 0 aliphatic rings. The van der Waals surface area contributed by atoms with Crippen molar-refractivity contribution in [1.29, 1.82) is 0 Å². The van der Waals surface area contributed by atoms with E-state index in [1.807, 2.05) is 0 Å². The smallest absolute Gasteiger partial charge is 0.305 e. The Balaban J connectivity index is 3.97. The fourth-order valence-corrected chi connectivity index (χ4v) is 4.63. The summed E-state index contributed by atoms with van der Waals surface area (Å²) in [6, 6.07) is 0. The van der Waals surface area contributed by atoms with Crippen molar-refractivity contribution in [1.82, 2.24) is 0 Å². The van der Waals surface area contributed by atoms with E-state index in [9.17, 15) is 9.59 Å². The molecule has 0 aromatic heterocycles.